The van der Waals surface area contributed by atoms with Crippen LogP contribution < -0.4 is 20.7 Å². The predicted molar refractivity (Wildman–Crippen MR) is 165 cm³/mol. The van der Waals surface area contributed by atoms with Crippen LogP contribution in [0.25, 0.3) is 21.1 Å². The van der Waals surface area contributed by atoms with Crippen LogP contribution in [-0.4, -0.2) is 58.9 Å². The van der Waals surface area contributed by atoms with Crippen LogP contribution in [0.15, 0.2) is 48.5 Å². The number of hydrogen-bond acceptors (Lipinski definition) is 8. The van der Waals surface area contributed by atoms with Crippen molar-refractivity contribution in [3.63, 3.8) is 0 Å². The van der Waals surface area contributed by atoms with Crippen molar-refractivity contribution in [3.05, 3.63) is 59.2 Å². The first kappa shape index (κ1) is 28.9. The molecule has 5 N–H and O–H groups in total. The Labute approximate surface area is 252 Å². The van der Waals surface area contributed by atoms with Crippen molar-refractivity contribution in [2.24, 2.45) is 11.8 Å². The Kier molecular flexibility index (Phi) is 8.16. The molecule has 0 aliphatic carbocycles. The van der Waals surface area contributed by atoms with Gasteiger partial charge in [-0.15, -0.1) is 11.3 Å². The number of aromatic nitrogens is 2. The second kappa shape index (κ2) is 11.8. The number of amides is 2. The number of methoxy groups -OCH3 is 1. The summed E-state index contributed by atoms with van der Waals surface area (Å²) in [5, 5.41) is 21.4. The summed E-state index contributed by atoms with van der Waals surface area (Å²) >= 11 is 2.27. The molecular weight excluding hydrogens is 574 g/mol. The number of aromatic amines is 1. The van der Waals surface area contributed by atoms with Gasteiger partial charge in [0.1, 0.15) is 29.8 Å². The van der Waals surface area contributed by atoms with Crippen molar-refractivity contribution < 1.29 is 23.6 Å². The predicted octanol–water partition coefficient (Wildman–Crippen LogP) is 3.35. The van der Waals surface area contributed by atoms with E-state index in [0.717, 1.165) is 32.5 Å². The number of nitrogens with one attached hydrogen (secondary N) is 4. The fourth-order valence-corrected chi connectivity index (χ4v) is 7.77. The van der Waals surface area contributed by atoms with Crippen LogP contribution in [0.5, 0.6) is 5.75 Å². The lowest BCUT2D eigenvalue weighted by molar-refractivity contribution is -0.124. The molecule has 0 radical (unpaired) electrons. The van der Waals surface area contributed by atoms with Crippen molar-refractivity contribution in [1.82, 2.24) is 25.9 Å². The number of carbonyl (C=O) groups excluding carboxylic acids is 2. The van der Waals surface area contributed by atoms with Gasteiger partial charge in [-0.05, 0) is 62.1 Å². The highest BCUT2D eigenvalue weighted by Gasteiger charge is 2.70. The first-order valence-corrected chi connectivity index (χ1v) is 15.8. The fourth-order valence-electron chi connectivity index (χ4n) is 5.68. The quantitative estimate of drug-likeness (QED) is 0.0997. The lowest BCUT2D eigenvalue weighted by atomic mass is 9.93. The van der Waals surface area contributed by atoms with Crippen LogP contribution in [0.3, 0.4) is 0 Å². The lowest BCUT2D eigenvalue weighted by Gasteiger charge is -2.26. The summed E-state index contributed by atoms with van der Waals surface area (Å²) in [5.74, 6) is 0.0941. The van der Waals surface area contributed by atoms with Gasteiger partial charge in [-0.1, -0.05) is 36.2 Å². The van der Waals surface area contributed by atoms with E-state index in [2.05, 4.69) is 20.9 Å². The monoisotopic (exact) mass is 610 g/mol. The molecule has 0 spiro atoms. The number of H-pyrrole nitrogens is 1. The number of nitrogens with zero attached hydrogens (tertiary/aromatic N) is 1. The van der Waals surface area contributed by atoms with E-state index in [9.17, 15) is 14.7 Å². The summed E-state index contributed by atoms with van der Waals surface area (Å²) in [6.45, 7) is 4.74. The summed E-state index contributed by atoms with van der Waals surface area (Å²) < 4.78 is 12.6. The SMILES string of the molecule is COc1cccc2[nH]c(C(=O)N[C@@H](CC(C)C)C(=O)N[C@@H](C[C@@H]3CCN[C@@H]3O)[C@@]3(c4nc5ccccc5s4)O[SH+]3)cc12. The number of hydrogen-bond donors (Lipinski definition) is 5. The average molecular weight is 611 g/mol. The third kappa shape index (κ3) is 5.73. The van der Waals surface area contributed by atoms with Gasteiger partial charge >= 0.3 is 4.93 Å². The van der Waals surface area contributed by atoms with Crippen LogP contribution in [0, 0.1) is 11.8 Å². The molecule has 42 heavy (non-hydrogen) atoms. The number of aliphatic hydroxyl groups is 1. The number of ether oxygens (including phenoxy) is 1. The molecule has 0 saturated carbocycles. The largest absolute Gasteiger partial charge is 0.496 e. The van der Waals surface area contributed by atoms with Gasteiger partial charge in [0.05, 0.1) is 17.3 Å². The van der Waals surface area contributed by atoms with Crippen LogP contribution in [0.2, 0.25) is 0 Å². The highest BCUT2D eigenvalue weighted by molar-refractivity contribution is 7.80. The zero-order chi connectivity index (χ0) is 29.4. The Morgan fingerprint density at radius 3 is 2.74 bits per heavy atom. The maximum atomic E-state index is 14.0. The fraction of sp³-hybridized carbons (Fsp3) is 0.433. The third-order valence-corrected chi connectivity index (χ3v) is 10.4. The molecule has 2 saturated heterocycles. The number of benzene rings is 2. The minimum atomic E-state index is -0.804. The van der Waals surface area contributed by atoms with E-state index in [0.29, 0.717) is 42.9 Å². The summed E-state index contributed by atoms with van der Waals surface area (Å²) in [6, 6.07) is 14.0. The second-order valence-corrected chi connectivity index (χ2v) is 13.4. The van der Waals surface area contributed by atoms with Crippen LogP contribution >= 0.6 is 11.3 Å². The molecule has 0 unspecified atom stereocenters. The topological polar surface area (TPSA) is 141 Å². The van der Waals surface area contributed by atoms with Crippen molar-refractivity contribution in [2.75, 3.05) is 13.7 Å². The van der Waals surface area contributed by atoms with Gasteiger partial charge in [0, 0.05) is 16.8 Å². The standard InChI is InChI=1S/C30H35N5O5S2/c1-16(2)13-21(33-27(37)22-15-18-19(32-22)8-6-9-23(18)39-3)28(38)35-25(14-17-11-12-31-26(17)36)30(40-42-30)29-34-20-7-4-5-10-24(20)41-29/h4-10,15-17,21,25-26,31-32,36H,11-14H2,1-3H3,(H,33,37)(H,35,38)/p+1/t17-,21-,25-,26+,30+/m0/s1. The van der Waals surface area contributed by atoms with Gasteiger partial charge in [-0.3, -0.25) is 14.9 Å². The smallest absolute Gasteiger partial charge is 0.375 e. The Morgan fingerprint density at radius 1 is 1.24 bits per heavy atom. The van der Waals surface area contributed by atoms with Gasteiger partial charge in [0.15, 0.2) is 17.1 Å². The molecule has 2 amide bonds. The number of thiol groups is 1. The summed E-state index contributed by atoms with van der Waals surface area (Å²) in [5.41, 5.74) is 2.01. The molecule has 4 aromatic rings. The normalized spacial score (nSPS) is 23.3. The van der Waals surface area contributed by atoms with E-state index >= 15 is 0 Å². The molecule has 10 nitrogen and oxygen atoms in total. The minimum Gasteiger partial charge on any atom is -0.496 e. The Morgan fingerprint density at radius 2 is 2.05 bits per heavy atom. The van der Waals surface area contributed by atoms with Gasteiger partial charge in [-0.2, -0.15) is 0 Å². The van der Waals surface area contributed by atoms with Gasteiger partial charge in [0.25, 0.3) is 5.91 Å². The summed E-state index contributed by atoms with van der Waals surface area (Å²) in [7, 11) is 1.59. The van der Waals surface area contributed by atoms with E-state index in [1.165, 1.54) is 0 Å². The molecule has 6 rings (SSSR count). The van der Waals surface area contributed by atoms with Crippen molar-refractivity contribution in [2.45, 2.75) is 56.4 Å². The molecule has 12 heteroatoms. The minimum absolute atomic E-state index is 0.0552. The van der Waals surface area contributed by atoms with E-state index in [-0.39, 0.29) is 23.7 Å². The van der Waals surface area contributed by atoms with Crippen LogP contribution in [0.4, 0.5) is 0 Å². The number of para-hydroxylation sites is 1. The number of fused-ring (bicyclic) bond motifs is 2. The maximum absolute atomic E-state index is 14.0. The van der Waals surface area contributed by atoms with E-state index < -0.39 is 23.2 Å². The first-order valence-electron chi connectivity index (χ1n) is 14.2. The third-order valence-electron chi connectivity index (χ3n) is 7.95. The summed E-state index contributed by atoms with van der Waals surface area (Å²) in [6.07, 6.45) is 1.09. The summed E-state index contributed by atoms with van der Waals surface area (Å²) in [4.78, 5) is 34.6. The van der Waals surface area contributed by atoms with Gasteiger partial charge in [-0.25, -0.2) is 4.98 Å². The number of rotatable bonds is 11. The molecule has 5 atom stereocenters. The molecular formula is C30H36N5O5S2+. The van der Waals surface area contributed by atoms with Crippen molar-refractivity contribution in [1.29, 1.82) is 0 Å². The van der Waals surface area contributed by atoms with E-state index in [1.54, 1.807) is 24.5 Å². The second-order valence-electron chi connectivity index (χ2n) is 11.4. The van der Waals surface area contributed by atoms with E-state index in [4.69, 9.17) is 13.9 Å². The van der Waals surface area contributed by atoms with Crippen LogP contribution in [-0.2, 0) is 26.0 Å². The Balaban J connectivity index is 1.26. The van der Waals surface area contributed by atoms with Crippen LogP contribution in [0.1, 0.15) is 48.6 Å². The first-order chi connectivity index (χ1) is 20.3. The molecule has 4 heterocycles. The van der Waals surface area contributed by atoms with Gasteiger partial charge < -0.3 is 25.5 Å². The molecule has 2 aliphatic rings. The molecule has 222 valence electrons. The zero-order valence-electron chi connectivity index (χ0n) is 23.7. The van der Waals surface area contributed by atoms with Crippen molar-refractivity contribution in [3.8, 4) is 5.75 Å². The number of carbonyl (C=O) groups is 2. The number of aliphatic hydroxyl groups excluding tert-OH is 1. The van der Waals surface area contributed by atoms with Gasteiger partial charge in [0.2, 0.25) is 5.91 Å². The molecule has 2 aromatic heterocycles. The average Bonchev–Trinajstić information content (AvgIpc) is 3.28. The number of thiazole rings is 1. The molecule has 2 aliphatic heterocycles. The lowest BCUT2D eigenvalue weighted by Crippen LogP contribution is -2.54. The molecule has 0 bridgehead atoms. The molecule has 2 aromatic carbocycles. The highest BCUT2D eigenvalue weighted by atomic mass is 32.2. The van der Waals surface area contributed by atoms with Crippen molar-refractivity contribution >= 4 is 56.3 Å². The molecule has 2 fully saturated rings. The zero-order valence-corrected chi connectivity index (χ0v) is 25.4. The van der Waals surface area contributed by atoms with E-state index in [1.807, 2.05) is 56.3 Å². The maximum Gasteiger partial charge on any atom is 0.375 e. The Hall–Kier alpha value is -3.16. The Bertz CT molecular complexity index is 1570. The highest BCUT2D eigenvalue weighted by Crippen LogP contribution is 2.49.